The summed E-state index contributed by atoms with van der Waals surface area (Å²) in [6.07, 6.45) is 2.35. The van der Waals surface area contributed by atoms with Crippen LogP contribution in [0.5, 0.6) is 0 Å². The van der Waals surface area contributed by atoms with Crippen molar-refractivity contribution in [3.05, 3.63) is 54.1 Å². The van der Waals surface area contributed by atoms with Gasteiger partial charge < -0.3 is 16.4 Å². The lowest BCUT2D eigenvalue weighted by Crippen LogP contribution is -2.42. The predicted molar refractivity (Wildman–Crippen MR) is 115 cm³/mol. The topological polar surface area (TPSA) is 105 Å². The van der Waals surface area contributed by atoms with Crippen molar-refractivity contribution in [2.45, 2.75) is 37.1 Å². The summed E-state index contributed by atoms with van der Waals surface area (Å²) in [6, 6.07) is 14.8. The molecule has 0 radical (unpaired) electrons. The summed E-state index contributed by atoms with van der Waals surface area (Å²) < 4.78 is 27.3. The van der Waals surface area contributed by atoms with E-state index in [1.54, 1.807) is 12.1 Å². The van der Waals surface area contributed by atoms with Crippen molar-refractivity contribution >= 4 is 27.3 Å². The molecule has 0 saturated carbocycles. The number of carbonyl (C=O) groups is 1. The minimum atomic E-state index is -3.53. The molecule has 2 aromatic carbocycles. The molecule has 29 heavy (non-hydrogen) atoms. The highest BCUT2D eigenvalue weighted by Gasteiger charge is 2.29. The number of anilines is 2. The molecule has 156 valence electrons. The first-order valence-corrected chi connectivity index (χ1v) is 11.3. The van der Waals surface area contributed by atoms with E-state index >= 15 is 0 Å². The summed E-state index contributed by atoms with van der Waals surface area (Å²) in [5.74, 6) is -0.191. The van der Waals surface area contributed by atoms with E-state index in [9.17, 15) is 13.2 Å². The van der Waals surface area contributed by atoms with Crippen LogP contribution in [0.25, 0.3) is 0 Å². The molecule has 7 nitrogen and oxygen atoms in total. The molecule has 3 rings (SSSR count). The van der Waals surface area contributed by atoms with Gasteiger partial charge in [-0.2, -0.15) is 4.31 Å². The monoisotopic (exact) mass is 416 g/mol. The molecule has 1 saturated heterocycles. The second-order valence-electron chi connectivity index (χ2n) is 7.26. The number of rotatable bonds is 7. The maximum absolute atomic E-state index is 12.9. The Balaban J connectivity index is 1.57. The number of sulfonamides is 1. The molecule has 1 amide bonds. The van der Waals surface area contributed by atoms with Gasteiger partial charge in [0.05, 0.1) is 4.90 Å². The van der Waals surface area contributed by atoms with Crippen molar-refractivity contribution in [1.82, 2.24) is 4.31 Å². The summed E-state index contributed by atoms with van der Waals surface area (Å²) in [7, 11) is -3.53. The Kier molecular flexibility index (Phi) is 6.89. The first-order valence-electron chi connectivity index (χ1n) is 9.82. The number of carbonyl (C=O) groups excluding carboxylic acids is 1. The summed E-state index contributed by atoms with van der Waals surface area (Å²) >= 11 is 0. The van der Waals surface area contributed by atoms with Gasteiger partial charge in [-0.1, -0.05) is 12.1 Å². The minimum absolute atomic E-state index is 0.191. The second-order valence-corrected chi connectivity index (χ2v) is 9.20. The fourth-order valence-corrected chi connectivity index (χ4v) is 4.94. The number of benzene rings is 2. The Hall–Kier alpha value is -2.42. The van der Waals surface area contributed by atoms with Crippen molar-refractivity contribution in [2.24, 2.45) is 5.73 Å². The van der Waals surface area contributed by atoms with Crippen LogP contribution >= 0.6 is 0 Å². The van der Waals surface area contributed by atoms with Crippen LogP contribution in [-0.4, -0.2) is 44.3 Å². The number of nitrogens with one attached hydrogen (secondary N) is 2. The lowest BCUT2D eigenvalue weighted by molar-refractivity contribution is -0.114. The number of hydrogen-bond donors (Lipinski definition) is 3. The van der Waals surface area contributed by atoms with Gasteiger partial charge in [-0.05, 0) is 67.8 Å². The number of amides is 1. The van der Waals surface area contributed by atoms with Crippen LogP contribution in [-0.2, 0) is 21.2 Å². The van der Waals surface area contributed by atoms with Crippen LogP contribution in [0.4, 0.5) is 11.4 Å². The molecular formula is C21H28N4O3S. The molecule has 1 fully saturated rings. The third-order valence-corrected chi connectivity index (χ3v) is 6.94. The van der Waals surface area contributed by atoms with E-state index in [1.807, 2.05) is 12.1 Å². The number of nitrogens with zero attached hydrogens (tertiary/aromatic N) is 1. The second kappa shape index (κ2) is 9.39. The summed E-state index contributed by atoms with van der Waals surface area (Å²) in [5.41, 5.74) is 8.41. The summed E-state index contributed by atoms with van der Waals surface area (Å²) in [6.45, 7) is 2.99. The van der Waals surface area contributed by atoms with Gasteiger partial charge in [0, 0.05) is 37.4 Å². The molecule has 1 aliphatic rings. The van der Waals surface area contributed by atoms with E-state index in [0.29, 0.717) is 25.3 Å². The van der Waals surface area contributed by atoms with Crippen LogP contribution in [0.3, 0.4) is 0 Å². The maximum atomic E-state index is 12.9. The molecule has 0 aliphatic carbocycles. The number of piperidine rings is 1. The van der Waals surface area contributed by atoms with Gasteiger partial charge in [-0.25, -0.2) is 8.42 Å². The quantitative estimate of drug-likeness (QED) is 0.643. The lowest BCUT2D eigenvalue weighted by atomic mass is 10.1. The average molecular weight is 417 g/mol. The van der Waals surface area contributed by atoms with E-state index in [0.717, 1.165) is 24.9 Å². The van der Waals surface area contributed by atoms with Crippen LogP contribution in [0.15, 0.2) is 53.4 Å². The summed E-state index contributed by atoms with van der Waals surface area (Å²) in [5, 5.41) is 6.14. The Morgan fingerprint density at radius 3 is 2.17 bits per heavy atom. The standard InChI is InChI=1S/C21H28N4O3S/c1-16(26)23-18-6-8-21(9-7-18)29(27,28)25-14-11-20(12-15-25)24-19-4-2-17(3-5-19)10-13-22/h2-9,20,24H,10-15,22H2,1H3,(H,23,26). The van der Waals surface area contributed by atoms with Gasteiger partial charge in [0.1, 0.15) is 0 Å². The molecule has 0 aromatic heterocycles. The molecule has 4 N–H and O–H groups in total. The van der Waals surface area contributed by atoms with Crippen molar-refractivity contribution in [3.63, 3.8) is 0 Å². The van der Waals surface area contributed by atoms with Gasteiger partial charge in [-0.15, -0.1) is 0 Å². The van der Waals surface area contributed by atoms with Crippen LogP contribution < -0.4 is 16.4 Å². The van der Waals surface area contributed by atoms with Gasteiger partial charge in [0.15, 0.2) is 0 Å². The lowest BCUT2D eigenvalue weighted by Gasteiger charge is -2.32. The van der Waals surface area contributed by atoms with Crippen LogP contribution in [0.1, 0.15) is 25.3 Å². The Morgan fingerprint density at radius 1 is 1.03 bits per heavy atom. The highest BCUT2D eigenvalue weighted by Crippen LogP contribution is 2.24. The van der Waals surface area contributed by atoms with Crippen molar-refractivity contribution in [1.29, 1.82) is 0 Å². The Labute approximate surface area is 172 Å². The van der Waals surface area contributed by atoms with Gasteiger partial charge in [0.2, 0.25) is 15.9 Å². The predicted octanol–water partition coefficient (Wildman–Crippen LogP) is 2.41. The fourth-order valence-electron chi connectivity index (χ4n) is 3.47. The van der Waals surface area contributed by atoms with E-state index in [1.165, 1.54) is 28.9 Å². The van der Waals surface area contributed by atoms with Crippen molar-refractivity contribution in [2.75, 3.05) is 30.3 Å². The van der Waals surface area contributed by atoms with Gasteiger partial charge in [-0.3, -0.25) is 4.79 Å². The molecular weight excluding hydrogens is 388 g/mol. The van der Waals surface area contributed by atoms with Gasteiger partial charge in [0.25, 0.3) is 0 Å². The molecule has 0 unspecified atom stereocenters. The summed E-state index contributed by atoms with van der Waals surface area (Å²) in [4.78, 5) is 11.3. The zero-order valence-corrected chi connectivity index (χ0v) is 17.4. The highest BCUT2D eigenvalue weighted by atomic mass is 32.2. The molecule has 0 spiro atoms. The molecule has 2 aromatic rings. The fraction of sp³-hybridized carbons (Fsp3) is 0.381. The van der Waals surface area contributed by atoms with E-state index < -0.39 is 10.0 Å². The first-order chi connectivity index (χ1) is 13.9. The van der Waals surface area contributed by atoms with Crippen molar-refractivity contribution < 1.29 is 13.2 Å². The third kappa shape index (κ3) is 5.56. The van der Waals surface area contributed by atoms with Crippen LogP contribution in [0.2, 0.25) is 0 Å². The van der Waals surface area contributed by atoms with Crippen molar-refractivity contribution in [3.8, 4) is 0 Å². The third-order valence-electron chi connectivity index (χ3n) is 5.02. The largest absolute Gasteiger partial charge is 0.382 e. The molecule has 1 aliphatic heterocycles. The Morgan fingerprint density at radius 2 is 1.62 bits per heavy atom. The molecule has 1 heterocycles. The SMILES string of the molecule is CC(=O)Nc1ccc(S(=O)(=O)N2CCC(Nc3ccc(CCN)cc3)CC2)cc1. The zero-order valence-electron chi connectivity index (χ0n) is 16.6. The maximum Gasteiger partial charge on any atom is 0.243 e. The zero-order chi connectivity index (χ0) is 20.9. The minimum Gasteiger partial charge on any atom is -0.382 e. The molecule has 0 atom stereocenters. The molecule has 8 heteroatoms. The van der Waals surface area contributed by atoms with E-state index in [2.05, 4.69) is 22.8 Å². The highest BCUT2D eigenvalue weighted by molar-refractivity contribution is 7.89. The van der Waals surface area contributed by atoms with E-state index in [4.69, 9.17) is 5.73 Å². The van der Waals surface area contributed by atoms with E-state index in [-0.39, 0.29) is 16.8 Å². The number of hydrogen-bond acceptors (Lipinski definition) is 5. The smallest absolute Gasteiger partial charge is 0.243 e. The van der Waals surface area contributed by atoms with Gasteiger partial charge >= 0.3 is 0 Å². The normalized spacial score (nSPS) is 15.8. The number of nitrogens with two attached hydrogens (primary N) is 1. The average Bonchev–Trinajstić information content (AvgIpc) is 2.70. The first kappa shape index (κ1) is 21.3. The Bertz CT molecular complexity index is 919. The van der Waals surface area contributed by atoms with Crippen LogP contribution in [0, 0.1) is 0 Å². The molecule has 0 bridgehead atoms.